The van der Waals surface area contributed by atoms with Crippen LogP contribution in [-0.4, -0.2) is 19.7 Å². The molecule has 0 unspecified atom stereocenters. The largest absolute Gasteiger partial charge is 0.356 e. The minimum atomic E-state index is -0.730. The fourth-order valence-electron chi connectivity index (χ4n) is 3.92. The minimum absolute atomic E-state index is 0.118. The van der Waals surface area contributed by atoms with E-state index in [0.717, 1.165) is 12.8 Å². The molecule has 1 aliphatic carbocycles. The lowest BCUT2D eigenvalue weighted by Gasteiger charge is -2.25. The van der Waals surface area contributed by atoms with Gasteiger partial charge in [-0.15, -0.1) is 0 Å². The highest BCUT2D eigenvalue weighted by molar-refractivity contribution is 7.94. The third-order valence-corrected chi connectivity index (χ3v) is 6.69. The molecule has 194 valence electrons. The highest BCUT2D eigenvalue weighted by Crippen LogP contribution is 2.35. The summed E-state index contributed by atoms with van der Waals surface area (Å²) in [5, 5.41) is 13.5. The first-order chi connectivity index (χ1) is 18.4. The van der Waals surface area contributed by atoms with Crippen LogP contribution in [0.1, 0.15) is 25.3 Å². The van der Waals surface area contributed by atoms with E-state index >= 15 is 0 Å². The molecular weight excluding hydrogens is 511 g/mol. The number of nitrogens with one attached hydrogen (secondary N) is 3. The summed E-state index contributed by atoms with van der Waals surface area (Å²) in [7, 11) is 0. The van der Waals surface area contributed by atoms with Gasteiger partial charge in [-0.2, -0.15) is 14.0 Å². The number of halogens is 3. The standard InChI is InChI=1S/C27H24F3N7S/c1-3-16(2)33-18-8-9-22(28)24(12-18)35-26-21(17-7-10-25(38-30)23(29)11-17)14-31-27(36-26)34-19-13-32-37(15-19)20-5-4-6-20/h3,7-15,20,33H,1-2,4-6H2,(H2,31,34,35,36). The Bertz CT molecular complexity index is 1500. The van der Waals surface area contributed by atoms with Gasteiger partial charge < -0.3 is 16.0 Å². The highest BCUT2D eigenvalue weighted by Gasteiger charge is 2.20. The summed E-state index contributed by atoms with van der Waals surface area (Å²) >= 11 is -0.181. The van der Waals surface area contributed by atoms with E-state index in [4.69, 9.17) is 0 Å². The van der Waals surface area contributed by atoms with Gasteiger partial charge in [0.25, 0.3) is 0 Å². The van der Waals surface area contributed by atoms with Gasteiger partial charge in [-0.25, -0.2) is 13.8 Å². The molecule has 1 saturated carbocycles. The van der Waals surface area contributed by atoms with Gasteiger partial charge in [0.05, 0.1) is 40.7 Å². The Labute approximate surface area is 222 Å². The monoisotopic (exact) mass is 535 g/mol. The van der Waals surface area contributed by atoms with Gasteiger partial charge in [0.15, 0.2) is 0 Å². The SMILES string of the molecule is C=CC(=C)Nc1ccc(F)c(Nc2nc(Nc3cnn(C4CCC4)c3)ncc2-c2ccc(SF)c(F)c2)c1. The Morgan fingerprint density at radius 3 is 2.61 bits per heavy atom. The first kappa shape index (κ1) is 25.4. The molecule has 0 atom stereocenters. The zero-order valence-corrected chi connectivity index (χ0v) is 21.0. The maximum Gasteiger partial charge on any atom is 0.229 e. The van der Waals surface area contributed by atoms with E-state index in [0.29, 0.717) is 34.2 Å². The predicted molar refractivity (Wildman–Crippen MR) is 145 cm³/mol. The van der Waals surface area contributed by atoms with Crippen LogP contribution in [0.25, 0.3) is 11.1 Å². The Balaban J connectivity index is 1.50. The number of benzene rings is 2. The molecule has 2 heterocycles. The summed E-state index contributed by atoms with van der Waals surface area (Å²) in [5.74, 6) is -0.814. The molecule has 2 aromatic heterocycles. The third kappa shape index (κ3) is 5.52. The third-order valence-electron chi connectivity index (χ3n) is 6.19. The average Bonchev–Trinajstić information content (AvgIpc) is 3.32. The molecular formula is C27H24F3N7S. The summed E-state index contributed by atoms with van der Waals surface area (Å²) in [6.45, 7) is 7.47. The fourth-order valence-corrected chi connectivity index (χ4v) is 4.18. The molecule has 0 bridgehead atoms. The van der Waals surface area contributed by atoms with Crippen molar-refractivity contribution in [2.75, 3.05) is 16.0 Å². The second-order valence-electron chi connectivity index (χ2n) is 8.77. The van der Waals surface area contributed by atoms with Gasteiger partial charge in [0.2, 0.25) is 5.95 Å². The molecule has 0 aliphatic heterocycles. The van der Waals surface area contributed by atoms with Gasteiger partial charge in [-0.1, -0.05) is 19.2 Å². The molecule has 11 heteroatoms. The van der Waals surface area contributed by atoms with Crippen molar-refractivity contribution < 1.29 is 12.7 Å². The molecule has 0 spiro atoms. The van der Waals surface area contributed by atoms with Gasteiger partial charge in [-0.05, 0) is 61.2 Å². The molecule has 3 N–H and O–H groups in total. The molecule has 0 saturated heterocycles. The van der Waals surface area contributed by atoms with Crippen molar-refractivity contribution in [3.05, 3.63) is 91.6 Å². The lowest BCUT2D eigenvalue weighted by Crippen LogP contribution is -2.17. The molecule has 0 amide bonds. The fraction of sp³-hybridized carbons (Fsp3) is 0.148. The van der Waals surface area contributed by atoms with Crippen molar-refractivity contribution in [2.24, 2.45) is 0 Å². The van der Waals surface area contributed by atoms with E-state index in [1.165, 1.54) is 36.9 Å². The maximum absolute atomic E-state index is 14.8. The van der Waals surface area contributed by atoms with Crippen LogP contribution in [0.2, 0.25) is 0 Å². The number of nitrogens with zero attached hydrogens (tertiary/aromatic N) is 4. The van der Waals surface area contributed by atoms with Crippen LogP contribution in [0, 0.1) is 11.6 Å². The van der Waals surface area contributed by atoms with Crippen molar-refractivity contribution in [1.82, 2.24) is 19.7 Å². The lowest BCUT2D eigenvalue weighted by molar-refractivity contribution is 0.289. The Kier molecular flexibility index (Phi) is 7.36. The zero-order valence-electron chi connectivity index (χ0n) is 20.2. The molecule has 4 aromatic rings. The number of hydrogen-bond donors (Lipinski definition) is 3. The topological polar surface area (TPSA) is 79.7 Å². The molecule has 1 aliphatic rings. The number of rotatable bonds is 10. The first-order valence-electron chi connectivity index (χ1n) is 11.8. The Morgan fingerprint density at radius 2 is 1.89 bits per heavy atom. The van der Waals surface area contributed by atoms with Gasteiger partial charge in [0, 0.05) is 29.3 Å². The summed E-state index contributed by atoms with van der Waals surface area (Å²) in [4.78, 5) is 8.79. The first-order valence-corrected chi connectivity index (χ1v) is 12.6. The summed E-state index contributed by atoms with van der Waals surface area (Å²) < 4.78 is 44.1. The molecule has 0 radical (unpaired) electrons. The molecule has 2 aromatic carbocycles. The van der Waals surface area contributed by atoms with Crippen molar-refractivity contribution in [3.8, 4) is 11.1 Å². The average molecular weight is 536 g/mol. The van der Waals surface area contributed by atoms with Crippen LogP contribution in [-0.2, 0) is 0 Å². The normalized spacial score (nSPS) is 13.0. The highest BCUT2D eigenvalue weighted by atomic mass is 32.2. The zero-order chi connectivity index (χ0) is 26.6. The number of aromatic nitrogens is 4. The van der Waals surface area contributed by atoms with Crippen LogP contribution >= 0.6 is 12.1 Å². The van der Waals surface area contributed by atoms with Crippen LogP contribution < -0.4 is 16.0 Å². The van der Waals surface area contributed by atoms with E-state index in [-0.39, 0.29) is 34.5 Å². The van der Waals surface area contributed by atoms with Crippen molar-refractivity contribution in [1.29, 1.82) is 0 Å². The Hall–Kier alpha value is -4.25. The smallest absolute Gasteiger partial charge is 0.229 e. The van der Waals surface area contributed by atoms with Crippen LogP contribution in [0.3, 0.4) is 0 Å². The van der Waals surface area contributed by atoms with E-state index in [2.05, 4.69) is 44.2 Å². The molecule has 7 nitrogen and oxygen atoms in total. The second-order valence-corrected chi connectivity index (χ2v) is 9.37. The van der Waals surface area contributed by atoms with Crippen LogP contribution in [0.4, 0.5) is 41.5 Å². The van der Waals surface area contributed by atoms with Crippen molar-refractivity contribution >= 4 is 41.0 Å². The number of anilines is 5. The lowest BCUT2D eigenvalue weighted by atomic mass is 9.93. The summed E-state index contributed by atoms with van der Waals surface area (Å²) in [6.07, 6.45) is 9.98. The van der Waals surface area contributed by atoms with E-state index in [9.17, 15) is 12.7 Å². The number of allylic oxidation sites excluding steroid dienone is 1. The number of hydrogen-bond acceptors (Lipinski definition) is 7. The Morgan fingerprint density at radius 1 is 1.05 bits per heavy atom. The predicted octanol–water partition coefficient (Wildman–Crippen LogP) is 7.92. The van der Waals surface area contributed by atoms with Gasteiger partial charge in [-0.3, -0.25) is 4.68 Å². The van der Waals surface area contributed by atoms with E-state index < -0.39 is 11.6 Å². The second kappa shape index (κ2) is 11.0. The van der Waals surface area contributed by atoms with Crippen molar-refractivity contribution in [2.45, 2.75) is 30.2 Å². The van der Waals surface area contributed by atoms with Crippen LogP contribution in [0.5, 0.6) is 0 Å². The van der Waals surface area contributed by atoms with Gasteiger partial charge >= 0.3 is 0 Å². The molecule has 1 fully saturated rings. The van der Waals surface area contributed by atoms with E-state index in [1.807, 2.05) is 10.9 Å². The van der Waals surface area contributed by atoms with E-state index in [1.54, 1.807) is 24.4 Å². The van der Waals surface area contributed by atoms with Crippen molar-refractivity contribution in [3.63, 3.8) is 0 Å². The molecule has 5 rings (SSSR count). The summed E-state index contributed by atoms with van der Waals surface area (Å²) in [5.41, 5.74) is 2.72. The van der Waals surface area contributed by atoms with Crippen LogP contribution in [0.15, 0.2) is 84.8 Å². The summed E-state index contributed by atoms with van der Waals surface area (Å²) in [6, 6.07) is 8.86. The maximum atomic E-state index is 14.8. The quantitative estimate of drug-likeness (QED) is 0.178. The van der Waals surface area contributed by atoms with Gasteiger partial charge in [0.1, 0.15) is 17.5 Å². The molecule has 38 heavy (non-hydrogen) atoms. The minimum Gasteiger partial charge on any atom is -0.356 e.